The molecule has 1 aromatic carbocycles. The number of H-pyrrole nitrogens is 1. The molecule has 0 saturated heterocycles. The number of rotatable bonds is 5. The van der Waals surface area contributed by atoms with Crippen LogP contribution in [-0.4, -0.2) is 9.97 Å². The van der Waals surface area contributed by atoms with Gasteiger partial charge in [-0.1, -0.05) is 38.8 Å². The summed E-state index contributed by atoms with van der Waals surface area (Å²) in [4.78, 5) is 8.12. The monoisotopic (exact) mass is 216 g/mol. The van der Waals surface area contributed by atoms with E-state index in [0.717, 1.165) is 24.2 Å². The van der Waals surface area contributed by atoms with Crippen LogP contribution in [-0.2, 0) is 12.8 Å². The number of unbranched alkanes of at least 4 members (excludes halogenated alkanes) is 2. The fraction of sp³-hybridized carbons (Fsp3) is 0.500. The van der Waals surface area contributed by atoms with Gasteiger partial charge in [0.15, 0.2) is 0 Å². The van der Waals surface area contributed by atoms with Gasteiger partial charge in [0.25, 0.3) is 0 Å². The molecule has 0 aliphatic carbocycles. The molecule has 2 nitrogen and oxygen atoms in total. The fourth-order valence-electron chi connectivity index (χ4n) is 2.09. The van der Waals surface area contributed by atoms with Crippen LogP contribution in [0, 0.1) is 0 Å². The van der Waals surface area contributed by atoms with Crippen LogP contribution in [0.25, 0.3) is 11.0 Å². The van der Waals surface area contributed by atoms with Gasteiger partial charge >= 0.3 is 0 Å². The number of hydrogen-bond donors (Lipinski definition) is 1. The van der Waals surface area contributed by atoms with Gasteiger partial charge in [0, 0.05) is 6.42 Å². The van der Waals surface area contributed by atoms with E-state index in [1.165, 1.54) is 30.3 Å². The quantitative estimate of drug-likeness (QED) is 0.755. The van der Waals surface area contributed by atoms with Crippen molar-refractivity contribution >= 4 is 11.0 Å². The molecule has 0 atom stereocenters. The second kappa shape index (κ2) is 5.15. The van der Waals surface area contributed by atoms with Crippen molar-refractivity contribution in [2.45, 2.75) is 46.0 Å². The second-order valence-corrected chi connectivity index (χ2v) is 4.31. The van der Waals surface area contributed by atoms with Crippen LogP contribution in [0.15, 0.2) is 18.2 Å². The number of hydrogen-bond acceptors (Lipinski definition) is 1. The Morgan fingerprint density at radius 2 is 2.06 bits per heavy atom. The highest BCUT2D eigenvalue weighted by molar-refractivity contribution is 5.78. The molecule has 2 rings (SSSR count). The molecule has 0 amide bonds. The van der Waals surface area contributed by atoms with Crippen LogP contribution in [0.5, 0.6) is 0 Å². The minimum atomic E-state index is 1.05. The van der Waals surface area contributed by atoms with Gasteiger partial charge in [-0.3, -0.25) is 0 Å². The van der Waals surface area contributed by atoms with Crippen molar-refractivity contribution in [3.8, 4) is 0 Å². The molecule has 0 spiro atoms. The maximum atomic E-state index is 4.70. The Kier molecular flexibility index (Phi) is 3.60. The van der Waals surface area contributed by atoms with Gasteiger partial charge < -0.3 is 4.98 Å². The predicted molar refractivity (Wildman–Crippen MR) is 68.7 cm³/mol. The van der Waals surface area contributed by atoms with Crippen LogP contribution in [0.3, 0.4) is 0 Å². The van der Waals surface area contributed by atoms with Crippen molar-refractivity contribution in [2.24, 2.45) is 0 Å². The molecule has 1 heterocycles. The van der Waals surface area contributed by atoms with E-state index in [1.54, 1.807) is 0 Å². The molecule has 2 heteroatoms. The fourth-order valence-corrected chi connectivity index (χ4v) is 2.09. The summed E-state index contributed by atoms with van der Waals surface area (Å²) in [6, 6.07) is 6.39. The molecule has 1 N–H and O–H groups in total. The zero-order chi connectivity index (χ0) is 11.4. The highest BCUT2D eigenvalue weighted by atomic mass is 14.9. The number of aromatic nitrogens is 2. The second-order valence-electron chi connectivity index (χ2n) is 4.31. The molecule has 0 aliphatic heterocycles. The molecule has 0 saturated carbocycles. The van der Waals surface area contributed by atoms with Gasteiger partial charge in [0.2, 0.25) is 0 Å². The van der Waals surface area contributed by atoms with Crippen LogP contribution in [0.1, 0.15) is 44.5 Å². The molecule has 86 valence electrons. The Balaban J connectivity index is 2.22. The van der Waals surface area contributed by atoms with Crippen LogP contribution in [0.4, 0.5) is 0 Å². The van der Waals surface area contributed by atoms with E-state index in [2.05, 4.69) is 37.0 Å². The van der Waals surface area contributed by atoms with Gasteiger partial charge in [0.1, 0.15) is 5.82 Å². The largest absolute Gasteiger partial charge is 0.342 e. The number of imidazole rings is 1. The maximum Gasteiger partial charge on any atom is 0.107 e. The molecular formula is C14H20N2. The lowest BCUT2D eigenvalue weighted by molar-refractivity contribution is 0.700. The highest BCUT2D eigenvalue weighted by Gasteiger charge is 2.05. The van der Waals surface area contributed by atoms with Gasteiger partial charge in [0.05, 0.1) is 11.0 Å². The first-order chi connectivity index (χ1) is 7.85. The average molecular weight is 216 g/mol. The Morgan fingerprint density at radius 1 is 1.19 bits per heavy atom. The van der Waals surface area contributed by atoms with Crippen LogP contribution >= 0.6 is 0 Å². The number of benzene rings is 1. The Bertz CT molecular complexity index is 457. The van der Waals surface area contributed by atoms with Crippen LogP contribution in [0.2, 0.25) is 0 Å². The van der Waals surface area contributed by atoms with E-state index < -0.39 is 0 Å². The van der Waals surface area contributed by atoms with E-state index in [4.69, 9.17) is 4.98 Å². The van der Waals surface area contributed by atoms with E-state index >= 15 is 0 Å². The third kappa shape index (κ3) is 2.26. The average Bonchev–Trinajstić information content (AvgIpc) is 2.71. The van der Waals surface area contributed by atoms with Gasteiger partial charge in [-0.25, -0.2) is 4.98 Å². The maximum absolute atomic E-state index is 4.70. The Hall–Kier alpha value is -1.31. The first-order valence-electron chi connectivity index (χ1n) is 6.31. The van der Waals surface area contributed by atoms with Gasteiger partial charge in [-0.05, 0) is 24.5 Å². The van der Waals surface area contributed by atoms with E-state index in [-0.39, 0.29) is 0 Å². The molecule has 0 unspecified atom stereocenters. The third-order valence-electron chi connectivity index (χ3n) is 3.04. The molecular weight excluding hydrogens is 196 g/mol. The van der Waals surface area contributed by atoms with Gasteiger partial charge in [-0.15, -0.1) is 0 Å². The minimum absolute atomic E-state index is 1.05. The first kappa shape index (κ1) is 11.2. The zero-order valence-corrected chi connectivity index (χ0v) is 10.2. The summed E-state index contributed by atoms with van der Waals surface area (Å²) < 4.78 is 0. The molecule has 0 radical (unpaired) electrons. The summed E-state index contributed by atoms with van der Waals surface area (Å²) >= 11 is 0. The molecule has 2 aromatic rings. The van der Waals surface area contributed by atoms with E-state index in [1.807, 2.05) is 0 Å². The lowest BCUT2D eigenvalue weighted by Gasteiger charge is -1.95. The third-order valence-corrected chi connectivity index (χ3v) is 3.04. The zero-order valence-electron chi connectivity index (χ0n) is 10.2. The summed E-state index contributed by atoms with van der Waals surface area (Å²) in [6.45, 7) is 4.41. The molecule has 0 aliphatic rings. The summed E-state index contributed by atoms with van der Waals surface area (Å²) in [5, 5.41) is 0. The lowest BCUT2D eigenvalue weighted by Crippen LogP contribution is -1.87. The SMILES string of the molecule is CCCCCc1nc2c(CC)cccc2[nH]1. The summed E-state index contributed by atoms with van der Waals surface area (Å²) in [5.74, 6) is 1.14. The first-order valence-corrected chi connectivity index (χ1v) is 6.31. The Labute approximate surface area is 97.1 Å². The van der Waals surface area contributed by atoms with E-state index in [9.17, 15) is 0 Å². The number of nitrogens with zero attached hydrogens (tertiary/aromatic N) is 1. The normalized spacial score (nSPS) is 11.1. The van der Waals surface area contributed by atoms with Crippen molar-refractivity contribution < 1.29 is 0 Å². The number of nitrogens with one attached hydrogen (secondary N) is 1. The van der Waals surface area contributed by atoms with E-state index in [0.29, 0.717) is 0 Å². The number of aromatic amines is 1. The highest BCUT2D eigenvalue weighted by Crippen LogP contribution is 2.17. The number of aryl methyl sites for hydroxylation is 2. The molecule has 16 heavy (non-hydrogen) atoms. The van der Waals surface area contributed by atoms with Gasteiger partial charge in [-0.2, -0.15) is 0 Å². The van der Waals surface area contributed by atoms with Crippen molar-refractivity contribution in [2.75, 3.05) is 0 Å². The molecule has 0 fully saturated rings. The number of fused-ring (bicyclic) bond motifs is 1. The van der Waals surface area contributed by atoms with Crippen molar-refractivity contribution in [1.82, 2.24) is 9.97 Å². The molecule has 1 aromatic heterocycles. The topological polar surface area (TPSA) is 28.7 Å². The molecule has 0 bridgehead atoms. The number of para-hydroxylation sites is 1. The van der Waals surface area contributed by atoms with Crippen LogP contribution < -0.4 is 0 Å². The smallest absolute Gasteiger partial charge is 0.107 e. The van der Waals surface area contributed by atoms with Crippen molar-refractivity contribution in [1.29, 1.82) is 0 Å². The van der Waals surface area contributed by atoms with Crippen molar-refractivity contribution in [3.05, 3.63) is 29.6 Å². The predicted octanol–water partition coefficient (Wildman–Crippen LogP) is 3.86. The summed E-state index contributed by atoms with van der Waals surface area (Å²) in [7, 11) is 0. The van der Waals surface area contributed by atoms with Crippen molar-refractivity contribution in [3.63, 3.8) is 0 Å². The lowest BCUT2D eigenvalue weighted by atomic mass is 10.1. The minimum Gasteiger partial charge on any atom is -0.342 e. The summed E-state index contributed by atoms with van der Waals surface area (Å²) in [6.07, 6.45) is 5.91. The summed E-state index contributed by atoms with van der Waals surface area (Å²) in [5.41, 5.74) is 3.69. The Morgan fingerprint density at radius 3 is 2.81 bits per heavy atom. The standard InChI is InChI=1S/C14H20N2/c1-3-5-6-10-13-15-12-9-7-8-11(4-2)14(12)16-13/h7-9H,3-6,10H2,1-2H3,(H,15,16).